The van der Waals surface area contributed by atoms with Crippen molar-refractivity contribution in [2.45, 2.75) is 44.0 Å². The SMILES string of the molecule is CCCN(C1CCNCC1)S(=O)(=O)c1ccc(NC(C)=O)c2ccccc12.Cl. The summed E-state index contributed by atoms with van der Waals surface area (Å²) in [6.45, 7) is 5.63. The van der Waals surface area contributed by atoms with Crippen LogP contribution in [0.2, 0.25) is 0 Å². The maximum atomic E-state index is 13.6. The number of anilines is 1. The van der Waals surface area contributed by atoms with Gasteiger partial charge < -0.3 is 10.6 Å². The third-order valence-corrected chi connectivity index (χ3v) is 6.95. The van der Waals surface area contributed by atoms with Gasteiger partial charge in [-0.3, -0.25) is 4.79 Å². The summed E-state index contributed by atoms with van der Waals surface area (Å²) in [5, 5.41) is 7.45. The van der Waals surface area contributed by atoms with Crippen molar-refractivity contribution in [2.75, 3.05) is 25.0 Å². The number of hydrogen-bond donors (Lipinski definition) is 2. The third-order valence-electron chi connectivity index (χ3n) is 4.94. The van der Waals surface area contributed by atoms with Crippen molar-refractivity contribution in [3.63, 3.8) is 0 Å². The fraction of sp³-hybridized carbons (Fsp3) is 0.450. The minimum absolute atomic E-state index is 0. The fourth-order valence-electron chi connectivity index (χ4n) is 3.74. The van der Waals surface area contributed by atoms with Crippen LogP contribution in [0.4, 0.5) is 5.69 Å². The predicted molar refractivity (Wildman–Crippen MR) is 116 cm³/mol. The van der Waals surface area contributed by atoms with E-state index in [2.05, 4.69) is 10.6 Å². The first kappa shape index (κ1) is 22.6. The topological polar surface area (TPSA) is 78.5 Å². The van der Waals surface area contributed by atoms with Gasteiger partial charge in [-0.25, -0.2) is 8.42 Å². The molecule has 3 rings (SSSR count). The van der Waals surface area contributed by atoms with E-state index in [9.17, 15) is 13.2 Å². The Bertz CT molecular complexity index is 927. The molecule has 2 aromatic rings. The summed E-state index contributed by atoms with van der Waals surface area (Å²) >= 11 is 0. The second kappa shape index (κ2) is 9.69. The van der Waals surface area contributed by atoms with E-state index < -0.39 is 10.0 Å². The number of hydrogen-bond acceptors (Lipinski definition) is 4. The second-order valence-electron chi connectivity index (χ2n) is 6.93. The quantitative estimate of drug-likeness (QED) is 0.743. The van der Waals surface area contributed by atoms with E-state index in [1.165, 1.54) is 6.92 Å². The molecule has 1 aliphatic rings. The zero-order valence-corrected chi connectivity index (χ0v) is 17.9. The molecular formula is C20H28ClN3O3S. The number of carbonyl (C=O) groups excluding carboxylic acids is 1. The minimum atomic E-state index is -3.64. The van der Waals surface area contributed by atoms with Gasteiger partial charge in [0.15, 0.2) is 0 Å². The smallest absolute Gasteiger partial charge is 0.243 e. The van der Waals surface area contributed by atoms with E-state index >= 15 is 0 Å². The van der Waals surface area contributed by atoms with Crippen LogP contribution < -0.4 is 10.6 Å². The number of amides is 1. The Balaban J connectivity index is 0.00000280. The van der Waals surface area contributed by atoms with E-state index in [0.717, 1.165) is 37.7 Å². The van der Waals surface area contributed by atoms with Crippen LogP contribution in [0.3, 0.4) is 0 Å². The number of fused-ring (bicyclic) bond motifs is 1. The van der Waals surface area contributed by atoms with Crippen LogP contribution in [-0.4, -0.2) is 44.3 Å². The first-order valence-electron chi connectivity index (χ1n) is 9.47. The predicted octanol–water partition coefficient (Wildman–Crippen LogP) is 3.37. The lowest BCUT2D eigenvalue weighted by Gasteiger charge is -2.34. The van der Waals surface area contributed by atoms with Gasteiger partial charge in [0.2, 0.25) is 15.9 Å². The van der Waals surface area contributed by atoms with Crippen molar-refractivity contribution in [2.24, 2.45) is 0 Å². The Labute approximate surface area is 173 Å². The maximum absolute atomic E-state index is 13.6. The normalized spacial score (nSPS) is 15.4. The Kier molecular flexibility index (Phi) is 7.83. The van der Waals surface area contributed by atoms with Crippen LogP contribution in [0.5, 0.6) is 0 Å². The van der Waals surface area contributed by atoms with Gasteiger partial charge >= 0.3 is 0 Å². The number of sulfonamides is 1. The molecule has 0 spiro atoms. The molecule has 2 aromatic carbocycles. The fourth-order valence-corrected chi connectivity index (χ4v) is 5.71. The molecule has 0 saturated carbocycles. The van der Waals surface area contributed by atoms with Gasteiger partial charge in [0.1, 0.15) is 0 Å². The molecule has 0 aromatic heterocycles. The number of halogens is 1. The monoisotopic (exact) mass is 425 g/mol. The number of carbonyl (C=O) groups is 1. The summed E-state index contributed by atoms with van der Waals surface area (Å²) in [5.41, 5.74) is 0.626. The van der Waals surface area contributed by atoms with Crippen LogP contribution in [0.1, 0.15) is 33.1 Å². The average molecular weight is 426 g/mol. The van der Waals surface area contributed by atoms with Gasteiger partial charge in [-0.2, -0.15) is 4.31 Å². The zero-order chi connectivity index (χ0) is 19.4. The molecular weight excluding hydrogens is 398 g/mol. The van der Waals surface area contributed by atoms with E-state index in [4.69, 9.17) is 0 Å². The summed E-state index contributed by atoms with van der Waals surface area (Å²) in [4.78, 5) is 11.8. The molecule has 0 aliphatic carbocycles. The molecule has 0 bridgehead atoms. The molecule has 1 amide bonds. The van der Waals surface area contributed by atoms with Crippen molar-refractivity contribution in [3.8, 4) is 0 Å². The van der Waals surface area contributed by atoms with Gasteiger partial charge in [0, 0.05) is 36.0 Å². The van der Waals surface area contributed by atoms with Gasteiger partial charge in [0.05, 0.1) is 4.90 Å². The first-order chi connectivity index (χ1) is 12.9. The first-order valence-corrected chi connectivity index (χ1v) is 10.9. The molecule has 28 heavy (non-hydrogen) atoms. The average Bonchev–Trinajstić information content (AvgIpc) is 2.66. The molecule has 2 N–H and O–H groups in total. The lowest BCUT2D eigenvalue weighted by Crippen LogP contribution is -2.46. The highest BCUT2D eigenvalue weighted by Crippen LogP contribution is 2.32. The van der Waals surface area contributed by atoms with Crippen LogP contribution in [0.25, 0.3) is 10.8 Å². The molecule has 1 saturated heterocycles. The molecule has 6 nitrogen and oxygen atoms in total. The molecule has 154 valence electrons. The van der Waals surface area contributed by atoms with Gasteiger partial charge in [-0.15, -0.1) is 12.4 Å². The highest BCUT2D eigenvalue weighted by molar-refractivity contribution is 7.89. The number of nitrogens with zero attached hydrogens (tertiary/aromatic N) is 1. The second-order valence-corrected chi connectivity index (χ2v) is 8.79. The lowest BCUT2D eigenvalue weighted by atomic mass is 10.1. The van der Waals surface area contributed by atoms with Crippen molar-refractivity contribution >= 4 is 44.8 Å². The Morgan fingerprint density at radius 3 is 2.39 bits per heavy atom. The molecule has 0 atom stereocenters. The Morgan fingerprint density at radius 1 is 1.14 bits per heavy atom. The summed E-state index contributed by atoms with van der Waals surface area (Å²) < 4.78 is 28.8. The van der Waals surface area contributed by atoms with E-state index in [-0.39, 0.29) is 24.4 Å². The van der Waals surface area contributed by atoms with Crippen LogP contribution >= 0.6 is 12.4 Å². The number of nitrogens with one attached hydrogen (secondary N) is 2. The summed E-state index contributed by atoms with van der Waals surface area (Å²) in [7, 11) is -3.64. The number of piperidine rings is 1. The van der Waals surface area contributed by atoms with Crippen LogP contribution in [0, 0.1) is 0 Å². The van der Waals surface area contributed by atoms with Crippen LogP contribution in [0.15, 0.2) is 41.3 Å². The highest BCUT2D eigenvalue weighted by atomic mass is 35.5. The molecule has 1 heterocycles. The van der Waals surface area contributed by atoms with E-state index in [0.29, 0.717) is 22.5 Å². The van der Waals surface area contributed by atoms with Gasteiger partial charge in [-0.1, -0.05) is 31.2 Å². The lowest BCUT2D eigenvalue weighted by molar-refractivity contribution is -0.114. The number of benzene rings is 2. The van der Waals surface area contributed by atoms with Gasteiger partial charge in [0.25, 0.3) is 0 Å². The van der Waals surface area contributed by atoms with Crippen molar-refractivity contribution < 1.29 is 13.2 Å². The molecule has 1 fully saturated rings. The summed E-state index contributed by atoms with van der Waals surface area (Å²) in [6, 6.07) is 10.6. The maximum Gasteiger partial charge on any atom is 0.243 e. The van der Waals surface area contributed by atoms with Gasteiger partial charge in [-0.05, 0) is 44.5 Å². The Morgan fingerprint density at radius 2 is 1.79 bits per heavy atom. The minimum Gasteiger partial charge on any atom is -0.326 e. The Hall–Kier alpha value is -1.67. The molecule has 0 unspecified atom stereocenters. The number of rotatable bonds is 6. The molecule has 8 heteroatoms. The van der Waals surface area contributed by atoms with Crippen molar-refractivity contribution in [1.29, 1.82) is 0 Å². The molecule has 1 aliphatic heterocycles. The zero-order valence-electron chi connectivity index (χ0n) is 16.3. The van der Waals surface area contributed by atoms with E-state index in [1.807, 2.05) is 25.1 Å². The van der Waals surface area contributed by atoms with Crippen molar-refractivity contribution in [1.82, 2.24) is 9.62 Å². The van der Waals surface area contributed by atoms with E-state index in [1.54, 1.807) is 22.5 Å². The van der Waals surface area contributed by atoms with Crippen molar-refractivity contribution in [3.05, 3.63) is 36.4 Å². The summed E-state index contributed by atoms with van der Waals surface area (Å²) in [5.74, 6) is -0.182. The summed E-state index contributed by atoms with van der Waals surface area (Å²) in [6.07, 6.45) is 2.41. The highest BCUT2D eigenvalue weighted by Gasteiger charge is 2.32. The largest absolute Gasteiger partial charge is 0.326 e. The standard InChI is InChI=1S/C20H27N3O3S.ClH/c1-3-14-23(16-10-12-21-13-11-16)27(25,26)20-9-8-19(22-15(2)24)17-6-4-5-7-18(17)20;/h4-9,16,21H,3,10-14H2,1-2H3,(H,22,24);1H. The third kappa shape index (κ3) is 4.66. The van der Waals surface area contributed by atoms with Crippen LogP contribution in [-0.2, 0) is 14.8 Å². The molecule has 0 radical (unpaired) electrons.